The zero-order valence-corrected chi connectivity index (χ0v) is 13.3. The average Bonchev–Trinajstić information content (AvgIpc) is 2.55. The van der Waals surface area contributed by atoms with E-state index in [1.54, 1.807) is 6.08 Å². The van der Waals surface area contributed by atoms with Crippen LogP contribution in [0.25, 0.3) is 6.08 Å². The molecule has 0 aliphatic carbocycles. The molecular weight excluding hydrogens is 288 g/mol. The van der Waals surface area contributed by atoms with Crippen molar-refractivity contribution >= 4 is 18.2 Å². The molecule has 0 aliphatic rings. The summed E-state index contributed by atoms with van der Waals surface area (Å²) in [5.41, 5.74) is 5.52. The van der Waals surface area contributed by atoms with Gasteiger partial charge in [-0.25, -0.2) is 5.43 Å². The van der Waals surface area contributed by atoms with Gasteiger partial charge in [0.1, 0.15) is 5.75 Å². The van der Waals surface area contributed by atoms with Gasteiger partial charge in [-0.3, -0.25) is 4.79 Å². The number of rotatable bonds is 6. The monoisotopic (exact) mass is 308 g/mol. The van der Waals surface area contributed by atoms with E-state index in [0.717, 1.165) is 22.4 Å². The third kappa shape index (κ3) is 5.43. The smallest absolute Gasteiger partial charge is 0.277 e. The molecule has 23 heavy (non-hydrogen) atoms. The number of carbonyl (C=O) groups is 1. The van der Waals surface area contributed by atoms with Crippen LogP contribution in [0.2, 0.25) is 0 Å². The molecular formula is C19H20N2O2. The lowest BCUT2D eigenvalue weighted by molar-refractivity contribution is -0.123. The van der Waals surface area contributed by atoms with Crippen molar-refractivity contribution in [1.29, 1.82) is 0 Å². The number of hydrazone groups is 1. The number of hydrogen-bond acceptors (Lipinski definition) is 3. The van der Waals surface area contributed by atoms with Gasteiger partial charge in [0.2, 0.25) is 0 Å². The number of nitrogens with one attached hydrogen (secondary N) is 1. The molecule has 0 spiro atoms. The standard InChI is InChI=1S/C19H20N2O2/c1-15-8-6-9-16(2)19(15)23-14-18(22)21-20-13-7-12-17-10-4-3-5-11-17/h3-13H,14H2,1-2H3,(H,21,22). The lowest BCUT2D eigenvalue weighted by atomic mass is 10.1. The van der Waals surface area contributed by atoms with E-state index in [1.165, 1.54) is 6.21 Å². The molecule has 0 saturated carbocycles. The zero-order chi connectivity index (χ0) is 16.5. The van der Waals surface area contributed by atoms with E-state index < -0.39 is 0 Å². The highest BCUT2D eigenvalue weighted by atomic mass is 16.5. The first-order chi connectivity index (χ1) is 11.2. The van der Waals surface area contributed by atoms with Crippen molar-refractivity contribution in [3.63, 3.8) is 0 Å². The molecule has 118 valence electrons. The third-order valence-electron chi connectivity index (χ3n) is 3.19. The zero-order valence-electron chi connectivity index (χ0n) is 13.3. The van der Waals surface area contributed by atoms with Crippen molar-refractivity contribution < 1.29 is 9.53 Å². The summed E-state index contributed by atoms with van der Waals surface area (Å²) in [7, 11) is 0. The topological polar surface area (TPSA) is 50.7 Å². The van der Waals surface area contributed by atoms with E-state index in [9.17, 15) is 4.79 Å². The maximum absolute atomic E-state index is 11.7. The van der Waals surface area contributed by atoms with Gasteiger partial charge in [0.05, 0.1) is 0 Å². The fourth-order valence-corrected chi connectivity index (χ4v) is 2.07. The van der Waals surface area contributed by atoms with Gasteiger partial charge in [0.15, 0.2) is 6.61 Å². The van der Waals surface area contributed by atoms with E-state index in [-0.39, 0.29) is 12.5 Å². The van der Waals surface area contributed by atoms with Crippen LogP contribution in [0.3, 0.4) is 0 Å². The highest BCUT2D eigenvalue weighted by Gasteiger charge is 2.06. The molecule has 0 atom stereocenters. The number of aryl methyl sites for hydroxylation is 2. The molecule has 0 saturated heterocycles. The van der Waals surface area contributed by atoms with Crippen LogP contribution in [0.4, 0.5) is 0 Å². The molecule has 0 radical (unpaired) electrons. The number of allylic oxidation sites excluding steroid dienone is 1. The fraction of sp³-hybridized carbons (Fsp3) is 0.158. The number of hydrogen-bond donors (Lipinski definition) is 1. The van der Waals surface area contributed by atoms with E-state index in [2.05, 4.69) is 10.5 Å². The Bertz CT molecular complexity index is 686. The minimum absolute atomic E-state index is 0.0641. The number of benzene rings is 2. The molecule has 0 aromatic heterocycles. The van der Waals surface area contributed by atoms with Crippen LogP contribution in [0.15, 0.2) is 59.7 Å². The summed E-state index contributed by atoms with van der Waals surface area (Å²) in [6.45, 7) is 3.84. The molecule has 4 nitrogen and oxygen atoms in total. The lowest BCUT2D eigenvalue weighted by Crippen LogP contribution is -2.24. The summed E-state index contributed by atoms with van der Waals surface area (Å²) in [5.74, 6) is 0.451. The second-order valence-electron chi connectivity index (χ2n) is 5.09. The normalized spacial score (nSPS) is 11.0. The van der Waals surface area contributed by atoms with Crippen molar-refractivity contribution in [3.05, 3.63) is 71.3 Å². The largest absolute Gasteiger partial charge is 0.483 e. The Kier molecular flexibility index (Phi) is 6.12. The van der Waals surface area contributed by atoms with Crippen molar-refractivity contribution in [2.24, 2.45) is 5.10 Å². The molecule has 1 amide bonds. The molecule has 1 N–H and O–H groups in total. The van der Waals surface area contributed by atoms with Gasteiger partial charge in [-0.1, -0.05) is 54.6 Å². The summed E-state index contributed by atoms with van der Waals surface area (Å²) < 4.78 is 5.55. The van der Waals surface area contributed by atoms with E-state index in [1.807, 2.05) is 68.5 Å². The van der Waals surface area contributed by atoms with Crippen LogP contribution in [-0.4, -0.2) is 18.7 Å². The number of nitrogens with zero attached hydrogens (tertiary/aromatic N) is 1. The lowest BCUT2D eigenvalue weighted by Gasteiger charge is -2.10. The van der Waals surface area contributed by atoms with Crippen LogP contribution < -0.4 is 10.2 Å². The van der Waals surface area contributed by atoms with Crippen LogP contribution in [0.1, 0.15) is 16.7 Å². The highest BCUT2D eigenvalue weighted by molar-refractivity contribution is 5.82. The average molecular weight is 308 g/mol. The Hall–Kier alpha value is -2.88. The van der Waals surface area contributed by atoms with Gasteiger partial charge in [0, 0.05) is 6.21 Å². The Labute approximate surface area is 136 Å². The predicted octanol–water partition coefficient (Wildman–Crippen LogP) is 3.50. The van der Waals surface area contributed by atoms with Crippen LogP contribution in [0.5, 0.6) is 5.75 Å². The number of amides is 1. The first-order valence-corrected chi connectivity index (χ1v) is 7.39. The third-order valence-corrected chi connectivity index (χ3v) is 3.19. The highest BCUT2D eigenvalue weighted by Crippen LogP contribution is 2.21. The van der Waals surface area contributed by atoms with E-state index >= 15 is 0 Å². The molecule has 0 unspecified atom stereocenters. The van der Waals surface area contributed by atoms with Crippen molar-refractivity contribution in [1.82, 2.24) is 5.43 Å². The van der Waals surface area contributed by atoms with E-state index in [0.29, 0.717) is 0 Å². The molecule has 2 rings (SSSR count). The summed E-state index contributed by atoms with van der Waals surface area (Å²) in [5, 5.41) is 3.85. The summed E-state index contributed by atoms with van der Waals surface area (Å²) >= 11 is 0. The maximum atomic E-state index is 11.7. The second kappa shape index (κ2) is 8.54. The van der Waals surface area contributed by atoms with Gasteiger partial charge >= 0.3 is 0 Å². The fourth-order valence-electron chi connectivity index (χ4n) is 2.07. The van der Waals surface area contributed by atoms with Gasteiger partial charge < -0.3 is 4.74 Å². The van der Waals surface area contributed by atoms with Crippen LogP contribution in [0, 0.1) is 13.8 Å². The van der Waals surface area contributed by atoms with Gasteiger partial charge in [0.25, 0.3) is 5.91 Å². The summed E-state index contributed by atoms with van der Waals surface area (Å²) in [6.07, 6.45) is 5.20. The molecule has 0 bridgehead atoms. The Morgan fingerprint density at radius 2 is 1.78 bits per heavy atom. The number of para-hydroxylation sites is 1. The molecule has 2 aromatic rings. The van der Waals surface area contributed by atoms with Gasteiger partial charge in [-0.2, -0.15) is 5.10 Å². The Balaban J connectivity index is 1.77. The summed E-state index contributed by atoms with van der Waals surface area (Å²) in [4.78, 5) is 11.7. The second-order valence-corrected chi connectivity index (χ2v) is 5.09. The minimum Gasteiger partial charge on any atom is -0.483 e. The van der Waals surface area contributed by atoms with Crippen LogP contribution in [-0.2, 0) is 4.79 Å². The van der Waals surface area contributed by atoms with Gasteiger partial charge in [-0.05, 0) is 36.6 Å². The van der Waals surface area contributed by atoms with Crippen molar-refractivity contribution in [2.45, 2.75) is 13.8 Å². The molecule has 0 aliphatic heterocycles. The van der Waals surface area contributed by atoms with Gasteiger partial charge in [-0.15, -0.1) is 0 Å². The molecule has 0 fully saturated rings. The summed E-state index contributed by atoms with van der Waals surface area (Å²) in [6, 6.07) is 15.7. The molecule has 2 aromatic carbocycles. The van der Waals surface area contributed by atoms with Crippen molar-refractivity contribution in [3.8, 4) is 5.75 Å². The Morgan fingerprint density at radius 1 is 1.09 bits per heavy atom. The van der Waals surface area contributed by atoms with Crippen molar-refractivity contribution in [2.75, 3.05) is 6.61 Å². The number of carbonyl (C=O) groups excluding carboxylic acids is 1. The van der Waals surface area contributed by atoms with E-state index in [4.69, 9.17) is 4.74 Å². The van der Waals surface area contributed by atoms with Crippen LogP contribution >= 0.6 is 0 Å². The minimum atomic E-state index is -0.294. The first-order valence-electron chi connectivity index (χ1n) is 7.39. The predicted molar refractivity (Wildman–Crippen MR) is 93.5 cm³/mol. The maximum Gasteiger partial charge on any atom is 0.277 e. The SMILES string of the molecule is Cc1cccc(C)c1OCC(=O)NN=CC=Cc1ccccc1. The molecule has 4 heteroatoms. The molecule has 0 heterocycles. The quantitative estimate of drug-likeness (QED) is 0.656. The number of ether oxygens (including phenoxy) is 1. The first kappa shape index (κ1) is 16.5. The Morgan fingerprint density at radius 3 is 2.48 bits per heavy atom.